The zero-order chi connectivity index (χ0) is 10.1. The molecule has 1 aromatic carbocycles. The lowest BCUT2D eigenvalue weighted by Crippen LogP contribution is -1.94. The van der Waals surface area contributed by atoms with Gasteiger partial charge in [0.05, 0.1) is 17.2 Å². The van der Waals surface area contributed by atoms with Gasteiger partial charge in [0.2, 0.25) is 6.79 Å². The Morgan fingerprint density at radius 3 is 2.86 bits per heavy atom. The molecule has 0 aromatic heterocycles. The molecule has 5 heteroatoms. The topological polar surface area (TPSA) is 55.8 Å². The highest BCUT2D eigenvalue weighted by Gasteiger charge is 2.23. The van der Waals surface area contributed by atoms with Gasteiger partial charge in [0.1, 0.15) is 0 Å². The van der Waals surface area contributed by atoms with Crippen LogP contribution in [0.1, 0.15) is 15.9 Å². The van der Waals surface area contributed by atoms with Crippen LogP contribution in [-0.2, 0) is 6.61 Å². The van der Waals surface area contributed by atoms with Crippen molar-refractivity contribution in [3.63, 3.8) is 0 Å². The largest absolute Gasteiger partial charge is 0.453 e. The maximum absolute atomic E-state index is 10.7. The first-order chi connectivity index (χ1) is 6.77. The molecule has 0 saturated carbocycles. The molecule has 74 valence electrons. The summed E-state index contributed by atoms with van der Waals surface area (Å²) in [6.07, 6.45) is 0.608. The summed E-state index contributed by atoms with van der Waals surface area (Å²) in [4.78, 5) is 10.7. The van der Waals surface area contributed by atoms with E-state index in [2.05, 4.69) is 0 Å². The van der Waals surface area contributed by atoms with Crippen molar-refractivity contribution in [3.8, 4) is 11.5 Å². The zero-order valence-corrected chi connectivity index (χ0v) is 7.87. The Kier molecular flexibility index (Phi) is 2.31. The normalized spacial score (nSPS) is 13.0. The third-order valence-corrected chi connectivity index (χ3v) is 2.31. The van der Waals surface area contributed by atoms with Crippen molar-refractivity contribution in [2.24, 2.45) is 0 Å². The Balaban J connectivity index is 2.67. The number of aliphatic hydroxyl groups is 1. The van der Waals surface area contributed by atoms with Crippen LogP contribution in [0.15, 0.2) is 6.07 Å². The molecule has 1 N–H and O–H groups in total. The van der Waals surface area contributed by atoms with Crippen LogP contribution in [-0.4, -0.2) is 18.2 Å². The van der Waals surface area contributed by atoms with E-state index < -0.39 is 0 Å². The van der Waals surface area contributed by atoms with E-state index in [1.54, 1.807) is 0 Å². The van der Waals surface area contributed by atoms with Crippen molar-refractivity contribution in [2.75, 3.05) is 6.79 Å². The number of benzene rings is 1. The summed E-state index contributed by atoms with van der Waals surface area (Å²) < 4.78 is 10.2. The summed E-state index contributed by atoms with van der Waals surface area (Å²) in [5.41, 5.74) is 0.782. The molecular weight excluding hydrogens is 208 g/mol. The van der Waals surface area contributed by atoms with Gasteiger partial charge in [-0.25, -0.2) is 0 Å². The number of carbonyl (C=O) groups is 1. The molecule has 1 aromatic rings. The lowest BCUT2D eigenvalue weighted by atomic mass is 10.1. The Morgan fingerprint density at radius 2 is 2.21 bits per heavy atom. The Labute approximate surface area is 85.0 Å². The van der Waals surface area contributed by atoms with Crippen molar-refractivity contribution in [2.45, 2.75) is 6.61 Å². The lowest BCUT2D eigenvalue weighted by Gasteiger charge is -2.06. The molecule has 0 unspecified atom stereocenters. The van der Waals surface area contributed by atoms with Crippen molar-refractivity contribution in [1.29, 1.82) is 0 Å². The molecule has 1 aliphatic rings. The zero-order valence-electron chi connectivity index (χ0n) is 7.12. The molecule has 1 heterocycles. The second-order valence-electron chi connectivity index (χ2n) is 2.77. The van der Waals surface area contributed by atoms with Gasteiger partial charge in [0, 0.05) is 5.56 Å². The number of aliphatic hydroxyl groups excluding tert-OH is 1. The summed E-state index contributed by atoms with van der Waals surface area (Å²) in [6, 6.07) is 1.50. The predicted octanol–water partition coefficient (Wildman–Crippen LogP) is 1.37. The van der Waals surface area contributed by atoms with E-state index in [0.717, 1.165) is 0 Å². The smallest absolute Gasteiger partial charge is 0.231 e. The predicted molar refractivity (Wildman–Crippen MR) is 48.9 cm³/mol. The summed E-state index contributed by atoms with van der Waals surface area (Å²) in [6.45, 7) is -0.159. The van der Waals surface area contributed by atoms with Crippen LogP contribution in [0, 0.1) is 0 Å². The molecular formula is C9H7ClO4. The van der Waals surface area contributed by atoms with Gasteiger partial charge in [-0.15, -0.1) is 0 Å². The van der Waals surface area contributed by atoms with Gasteiger partial charge in [0.25, 0.3) is 0 Å². The van der Waals surface area contributed by atoms with Gasteiger partial charge in [-0.3, -0.25) is 4.79 Å². The van der Waals surface area contributed by atoms with Gasteiger partial charge in [-0.2, -0.15) is 0 Å². The fourth-order valence-corrected chi connectivity index (χ4v) is 1.61. The Hall–Kier alpha value is -1.26. The Bertz CT molecular complexity index is 389. The van der Waals surface area contributed by atoms with Crippen LogP contribution < -0.4 is 9.47 Å². The monoisotopic (exact) mass is 214 g/mol. The molecule has 0 saturated heterocycles. The average Bonchev–Trinajstić information content (AvgIpc) is 2.65. The minimum atomic E-state index is -0.204. The van der Waals surface area contributed by atoms with Crippen LogP contribution in [0.2, 0.25) is 5.02 Å². The second kappa shape index (κ2) is 3.48. The minimum Gasteiger partial charge on any atom is -0.453 e. The molecule has 1 aliphatic heterocycles. The van der Waals surface area contributed by atoms with Gasteiger partial charge in [0.15, 0.2) is 17.8 Å². The fraction of sp³-hybridized carbons (Fsp3) is 0.222. The van der Waals surface area contributed by atoms with E-state index in [1.165, 1.54) is 6.07 Å². The number of rotatable bonds is 2. The summed E-state index contributed by atoms with van der Waals surface area (Å²) in [5, 5.41) is 9.26. The maximum Gasteiger partial charge on any atom is 0.231 e. The van der Waals surface area contributed by atoms with E-state index >= 15 is 0 Å². The van der Waals surface area contributed by atoms with Crippen LogP contribution in [0.3, 0.4) is 0 Å². The molecule has 0 bridgehead atoms. The standard InChI is InChI=1S/C9H7ClO4/c10-7-1-5(2-11)8-9(6(7)3-12)14-4-13-8/h1,3,11H,2,4H2. The quantitative estimate of drug-likeness (QED) is 0.756. The fourth-order valence-electron chi connectivity index (χ4n) is 1.35. The van der Waals surface area contributed by atoms with E-state index in [9.17, 15) is 4.79 Å². The van der Waals surface area contributed by atoms with Gasteiger partial charge in [-0.05, 0) is 6.07 Å². The minimum absolute atomic E-state index is 0.0452. The first-order valence-corrected chi connectivity index (χ1v) is 4.32. The lowest BCUT2D eigenvalue weighted by molar-refractivity contribution is 0.111. The molecule has 4 nitrogen and oxygen atoms in total. The highest BCUT2D eigenvalue weighted by Crippen LogP contribution is 2.41. The molecule has 0 amide bonds. The maximum atomic E-state index is 10.7. The average molecular weight is 215 g/mol. The number of carbonyl (C=O) groups excluding carboxylic acids is 1. The number of aldehydes is 1. The highest BCUT2D eigenvalue weighted by atomic mass is 35.5. The van der Waals surface area contributed by atoms with Crippen molar-refractivity contribution in [1.82, 2.24) is 0 Å². The molecule has 0 spiro atoms. The van der Waals surface area contributed by atoms with Crippen molar-refractivity contribution < 1.29 is 19.4 Å². The van der Waals surface area contributed by atoms with Crippen molar-refractivity contribution >= 4 is 17.9 Å². The molecule has 0 fully saturated rings. The van der Waals surface area contributed by atoms with E-state index in [0.29, 0.717) is 23.3 Å². The third-order valence-electron chi connectivity index (χ3n) is 2.00. The van der Waals surface area contributed by atoms with Crippen molar-refractivity contribution in [3.05, 3.63) is 22.2 Å². The number of ether oxygens (including phenoxy) is 2. The van der Waals surface area contributed by atoms with Gasteiger partial charge < -0.3 is 14.6 Å². The first-order valence-electron chi connectivity index (χ1n) is 3.95. The van der Waals surface area contributed by atoms with Crippen LogP contribution in [0.5, 0.6) is 11.5 Å². The molecule has 14 heavy (non-hydrogen) atoms. The van der Waals surface area contributed by atoms with E-state index in [1.807, 2.05) is 0 Å². The number of hydrogen-bond donors (Lipinski definition) is 1. The molecule has 0 aliphatic carbocycles. The molecule has 0 radical (unpaired) electrons. The van der Waals surface area contributed by atoms with Crippen LogP contribution in [0.25, 0.3) is 0 Å². The van der Waals surface area contributed by atoms with Crippen LogP contribution in [0.4, 0.5) is 0 Å². The number of hydrogen-bond acceptors (Lipinski definition) is 4. The summed E-state index contributed by atoms with van der Waals surface area (Å²) in [7, 11) is 0. The van der Waals surface area contributed by atoms with E-state index in [-0.39, 0.29) is 24.0 Å². The van der Waals surface area contributed by atoms with Gasteiger partial charge >= 0.3 is 0 Å². The highest BCUT2D eigenvalue weighted by molar-refractivity contribution is 6.33. The summed E-state index contributed by atoms with van der Waals surface area (Å²) >= 11 is 5.81. The van der Waals surface area contributed by atoms with Gasteiger partial charge in [-0.1, -0.05) is 11.6 Å². The van der Waals surface area contributed by atoms with E-state index in [4.69, 9.17) is 26.2 Å². The SMILES string of the molecule is O=Cc1c(Cl)cc(CO)c2c1OCO2. The first kappa shape index (κ1) is 9.30. The second-order valence-corrected chi connectivity index (χ2v) is 3.18. The summed E-state index contributed by atoms with van der Waals surface area (Å²) in [5.74, 6) is 0.718. The number of halogens is 1. The number of fused-ring (bicyclic) bond motifs is 1. The Morgan fingerprint density at radius 1 is 1.50 bits per heavy atom. The molecule has 0 atom stereocenters. The van der Waals surface area contributed by atoms with Crippen LogP contribution >= 0.6 is 11.6 Å². The molecule has 2 rings (SSSR count). The third kappa shape index (κ3) is 1.23.